The van der Waals surface area contributed by atoms with E-state index in [1.807, 2.05) is 24.4 Å². The Hall–Kier alpha value is -3.79. The third-order valence-electron chi connectivity index (χ3n) is 4.63. The van der Waals surface area contributed by atoms with E-state index < -0.39 is 0 Å². The standard InChI is InChI=1S/C20H17N5O2/c1-27-19-8-13(9-21)6-7-16(19)24-20(26)23-11-18-15-5-3-2-4-14(15)17-10-22-12-25(17)18/h2-8,10,12,18H,11H2,1H3,(H2,23,24,26). The van der Waals surface area contributed by atoms with Crippen molar-refractivity contribution in [1.82, 2.24) is 14.9 Å². The van der Waals surface area contributed by atoms with E-state index in [1.54, 1.807) is 24.5 Å². The number of carbonyl (C=O) groups excluding carboxylic acids is 1. The van der Waals surface area contributed by atoms with Crippen LogP contribution in [0.15, 0.2) is 55.0 Å². The molecule has 27 heavy (non-hydrogen) atoms. The molecule has 0 saturated carbocycles. The number of amides is 2. The van der Waals surface area contributed by atoms with Gasteiger partial charge in [0.05, 0.1) is 48.7 Å². The van der Waals surface area contributed by atoms with Gasteiger partial charge in [0.15, 0.2) is 0 Å². The van der Waals surface area contributed by atoms with Crippen molar-refractivity contribution in [2.45, 2.75) is 6.04 Å². The van der Waals surface area contributed by atoms with E-state index in [4.69, 9.17) is 10.00 Å². The molecule has 1 aromatic heterocycles. The Morgan fingerprint density at radius 1 is 1.33 bits per heavy atom. The van der Waals surface area contributed by atoms with E-state index in [-0.39, 0.29) is 12.1 Å². The zero-order valence-electron chi connectivity index (χ0n) is 14.6. The van der Waals surface area contributed by atoms with Gasteiger partial charge in [-0.15, -0.1) is 0 Å². The molecule has 0 aliphatic carbocycles. The van der Waals surface area contributed by atoms with Crippen molar-refractivity contribution in [3.05, 3.63) is 66.1 Å². The second-order valence-electron chi connectivity index (χ2n) is 6.15. The van der Waals surface area contributed by atoms with Crippen LogP contribution >= 0.6 is 0 Å². The molecule has 7 heteroatoms. The van der Waals surface area contributed by atoms with Gasteiger partial charge in [-0.25, -0.2) is 9.78 Å². The van der Waals surface area contributed by atoms with Crippen LogP contribution in [0.3, 0.4) is 0 Å². The lowest BCUT2D eigenvalue weighted by molar-refractivity contribution is 0.251. The van der Waals surface area contributed by atoms with E-state index in [9.17, 15) is 4.79 Å². The van der Waals surface area contributed by atoms with Gasteiger partial charge in [0.1, 0.15) is 5.75 Å². The Bertz CT molecular complexity index is 1050. The number of nitriles is 1. The van der Waals surface area contributed by atoms with E-state index >= 15 is 0 Å². The van der Waals surface area contributed by atoms with E-state index in [0.29, 0.717) is 23.5 Å². The molecule has 1 unspecified atom stereocenters. The fraction of sp³-hybridized carbons (Fsp3) is 0.150. The molecule has 0 saturated heterocycles. The minimum absolute atomic E-state index is 0.00712. The first-order valence-electron chi connectivity index (χ1n) is 8.45. The van der Waals surface area contributed by atoms with Gasteiger partial charge in [0, 0.05) is 18.2 Å². The number of aromatic nitrogens is 2. The molecule has 2 N–H and O–H groups in total. The molecule has 2 amide bonds. The van der Waals surface area contributed by atoms with Gasteiger partial charge in [0.2, 0.25) is 0 Å². The van der Waals surface area contributed by atoms with Crippen molar-refractivity contribution in [3.63, 3.8) is 0 Å². The third kappa shape index (κ3) is 2.98. The highest BCUT2D eigenvalue weighted by Crippen LogP contribution is 2.38. The topological polar surface area (TPSA) is 92.0 Å². The average Bonchev–Trinajstić information content (AvgIpc) is 3.28. The first-order valence-corrected chi connectivity index (χ1v) is 8.45. The minimum Gasteiger partial charge on any atom is -0.495 e. The first-order chi connectivity index (χ1) is 13.2. The van der Waals surface area contributed by atoms with E-state index in [2.05, 4.69) is 32.3 Å². The molecule has 2 heterocycles. The van der Waals surface area contributed by atoms with Crippen LogP contribution in [0.25, 0.3) is 11.3 Å². The van der Waals surface area contributed by atoms with Crippen LogP contribution in [0, 0.1) is 11.3 Å². The number of anilines is 1. The molecule has 0 radical (unpaired) electrons. The first kappa shape index (κ1) is 16.7. The summed E-state index contributed by atoms with van der Waals surface area (Å²) in [5, 5.41) is 14.6. The predicted octanol–water partition coefficient (Wildman–Crippen LogP) is 3.15. The molecule has 1 aliphatic rings. The SMILES string of the molecule is COc1cc(C#N)ccc1NC(=O)NCC1c2ccccc2-c2cncn21. The molecule has 134 valence electrons. The maximum absolute atomic E-state index is 12.4. The second kappa shape index (κ2) is 6.84. The summed E-state index contributed by atoms with van der Waals surface area (Å²) in [6.45, 7) is 0.421. The van der Waals surface area contributed by atoms with Crippen LogP contribution < -0.4 is 15.4 Å². The summed E-state index contributed by atoms with van der Waals surface area (Å²) in [5.74, 6) is 0.437. The number of imidazole rings is 1. The molecule has 7 nitrogen and oxygen atoms in total. The molecular formula is C20H17N5O2. The summed E-state index contributed by atoms with van der Waals surface area (Å²) in [7, 11) is 1.50. The Kier molecular flexibility index (Phi) is 4.22. The fourth-order valence-corrected chi connectivity index (χ4v) is 3.36. The Morgan fingerprint density at radius 2 is 2.19 bits per heavy atom. The lowest BCUT2D eigenvalue weighted by atomic mass is 10.0. The number of nitrogens with one attached hydrogen (secondary N) is 2. The molecule has 2 aromatic carbocycles. The van der Waals surface area contributed by atoms with Crippen LogP contribution in [-0.4, -0.2) is 29.2 Å². The van der Waals surface area contributed by atoms with Gasteiger partial charge in [-0.2, -0.15) is 5.26 Å². The third-order valence-corrected chi connectivity index (χ3v) is 4.63. The summed E-state index contributed by atoms with van der Waals surface area (Å²) >= 11 is 0. The summed E-state index contributed by atoms with van der Waals surface area (Å²) in [6.07, 6.45) is 3.61. The van der Waals surface area contributed by atoms with Crippen LogP contribution in [0.1, 0.15) is 17.2 Å². The molecule has 4 rings (SSSR count). The number of fused-ring (bicyclic) bond motifs is 3. The van der Waals surface area contributed by atoms with Crippen molar-refractivity contribution in [2.24, 2.45) is 0 Å². The molecule has 0 spiro atoms. The number of nitrogens with zero attached hydrogens (tertiary/aromatic N) is 3. The number of carbonyl (C=O) groups is 1. The van der Waals surface area contributed by atoms with Crippen LogP contribution in [0.5, 0.6) is 5.75 Å². The van der Waals surface area contributed by atoms with Gasteiger partial charge in [-0.05, 0) is 17.7 Å². The van der Waals surface area contributed by atoms with Gasteiger partial charge >= 0.3 is 6.03 Å². The average molecular weight is 359 g/mol. The van der Waals surface area contributed by atoms with E-state index in [1.165, 1.54) is 7.11 Å². The highest BCUT2D eigenvalue weighted by atomic mass is 16.5. The van der Waals surface area contributed by atoms with Crippen molar-refractivity contribution >= 4 is 11.7 Å². The van der Waals surface area contributed by atoms with Gasteiger partial charge in [-0.1, -0.05) is 24.3 Å². The molecule has 0 fully saturated rings. The van der Waals surface area contributed by atoms with Crippen LogP contribution in [0.2, 0.25) is 0 Å². The van der Waals surface area contributed by atoms with Gasteiger partial charge in [-0.3, -0.25) is 0 Å². The minimum atomic E-state index is -0.343. The molecular weight excluding hydrogens is 342 g/mol. The summed E-state index contributed by atoms with van der Waals surface area (Å²) in [6, 6.07) is 14.7. The molecule has 1 atom stereocenters. The molecule has 0 bridgehead atoms. The number of ether oxygens (including phenoxy) is 1. The highest BCUT2D eigenvalue weighted by molar-refractivity contribution is 5.91. The maximum Gasteiger partial charge on any atom is 0.319 e. The van der Waals surface area contributed by atoms with Crippen molar-refractivity contribution in [1.29, 1.82) is 5.26 Å². The van der Waals surface area contributed by atoms with Crippen molar-refractivity contribution in [3.8, 4) is 23.1 Å². The van der Waals surface area contributed by atoms with Crippen LogP contribution in [-0.2, 0) is 0 Å². The second-order valence-corrected chi connectivity index (χ2v) is 6.15. The normalized spacial score (nSPS) is 14.0. The van der Waals surface area contributed by atoms with Crippen LogP contribution in [0.4, 0.5) is 10.5 Å². The Balaban J connectivity index is 1.47. The van der Waals surface area contributed by atoms with Crippen molar-refractivity contribution < 1.29 is 9.53 Å². The Labute approximate surface area is 156 Å². The number of benzene rings is 2. The Morgan fingerprint density at radius 3 is 3.00 bits per heavy atom. The number of rotatable bonds is 4. The summed E-state index contributed by atoms with van der Waals surface area (Å²) in [4.78, 5) is 16.6. The highest BCUT2D eigenvalue weighted by Gasteiger charge is 2.28. The summed E-state index contributed by atoms with van der Waals surface area (Å²) < 4.78 is 7.31. The molecule has 3 aromatic rings. The van der Waals surface area contributed by atoms with Crippen molar-refractivity contribution in [2.75, 3.05) is 19.0 Å². The maximum atomic E-state index is 12.4. The quantitative estimate of drug-likeness (QED) is 0.748. The molecule has 1 aliphatic heterocycles. The monoisotopic (exact) mass is 359 g/mol. The summed E-state index contributed by atoms with van der Waals surface area (Å²) in [5.41, 5.74) is 4.31. The van der Waals surface area contributed by atoms with Gasteiger partial charge < -0.3 is 19.9 Å². The fourth-order valence-electron chi connectivity index (χ4n) is 3.36. The zero-order valence-corrected chi connectivity index (χ0v) is 14.6. The van der Waals surface area contributed by atoms with E-state index in [0.717, 1.165) is 16.8 Å². The lowest BCUT2D eigenvalue weighted by Crippen LogP contribution is -2.33. The number of hydrogen-bond acceptors (Lipinski definition) is 4. The number of urea groups is 1. The number of methoxy groups -OCH3 is 1. The zero-order chi connectivity index (χ0) is 18.8. The predicted molar refractivity (Wildman–Crippen MR) is 101 cm³/mol. The lowest BCUT2D eigenvalue weighted by Gasteiger charge is -2.17. The smallest absolute Gasteiger partial charge is 0.319 e. The largest absolute Gasteiger partial charge is 0.495 e. The number of hydrogen-bond donors (Lipinski definition) is 2. The van der Waals surface area contributed by atoms with Gasteiger partial charge in [0.25, 0.3) is 0 Å².